The number of nitriles is 1. The van der Waals surface area contributed by atoms with E-state index in [4.69, 9.17) is 23.9 Å². The lowest BCUT2D eigenvalue weighted by molar-refractivity contribution is 0.0209. The zero-order valence-electron chi connectivity index (χ0n) is 29.0. The summed E-state index contributed by atoms with van der Waals surface area (Å²) >= 11 is 1.11. The van der Waals surface area contributed by atoms with Crippen molar-refractivity contribution in [3.8, 4) is 23.2 Å². The Labute approximate surface area is 292 Å². The third-order valence-corrected chi connectivity index (χ3v) is 9.92. The average molecular weight is 704 g/mol. The van der Waals surface area contributed by atoms with Gasteiger partial charge in [0.1, 0.15) is 38.4 Å². The number of thiophene rings is 1. The molecule has 6 heterocycles. The second-order valence-corrected chi connectivity index (χ2v) is 15.7. The number of pyridine rings is 1. The van der Waals surface area contributed by atoms with E-state index in [0.29, 0.717) is 45.6 Å². The Balaban J connectivity index is 1.36. The fourth-order valence-electron chi connectivity index (χ4n) is 7.10. The molecule has 3 aliphatic rings. The third-order valence-electron chi connectivity index (χ3n) is 8.91. The quantitative estimate of drug-likeness (QED) is 0.237. The summed E-state index contributed by atoms with van der Waals surface area (Å²) in [6, 6.07) is 3.69. The maximum atomic E-state index is 17.3. The third kappa shape index (κ3) is 5.90. The Hall–Kier alpha value is -4.81. The first-order valence-corrected chi connectivity index (χ1v) is 17.2. The molecule has 2 unspecified atom stereocenters. The van der Waals surface area contributed by atoms with Crippen LogP contribution in [0.1, 0.15) is 71.1 Å². The molecule has 0 spiro atoms. The van der Waals surface area contributed by atoms with E-state index in [9.17, 15) is 14.9 Å². The number of halogens is 1. The molecule has 15 heteroatoms. The Kier molecular flexibility index (Phi) is 8.22. The molecule has 0 radical (unpaired) electrons. The van der Waals surface area contributed by atoms with E-state index >= 15 is 4.39 Å². The molecule has 2 fully saturated rings. The molecule has 2 atom stereocenters. The van der Waals surface area contributed by atoms with E-state index in [-0.39, 0.29) is 59.0 Å². The van der Waals surface area contributed by atoms with Gasteiger partial charge in [0.05, 0.1) is 31.3 Å². The van der Waals surface area contributed by atoms with Gasteiger partial charge in [-0.15, -0.1) is 0 Å². The number of benzene rings is 1. The van der Waals surface area contributed by atoms with Crippen LogP contribution in [0.5, 0.6) is 6.01 Å². The number of nitrogens with one attached hydrogen (secondary N) is 1. The fourth-order valence-corrected chi connectivity index (χ4v) is 8.10. The van der Waals surface area contributed by atoms with Crippen LogP contribution in [-0.2, 0) is 27.4 Å². The van der Waals surface area contributed by atoms with Crippen molar-refractivity contribution >= 4 is 55.5 Å². The number of ether oxygens (including phenoxy) is 4. The smallest absolute Gasteiger partial charge is 0.412 e. The Bertz CT molecular complexity index is 2090. The molecule has 0 saturated carbocycles. The Morgan fingerprint density at radius 2 is 1.72 bits per heavy atom. The molecule has 1 N–H and O–H groups in total. The van der Waals surface area contributed by atoms with Gasteiger partial charge in [0.2, 0.25) is 0 Å². The number of rotatable bonds is 4. The van der Waals surface area contributed by atoms with Gasteiger partial charge in [-0.1, -0.05) is 11.3 Å². The van der Waals surface area contributed by atoms with E-state index in [1.165, 1.54) is 7.11 Å². The van der Waals surface area contributed by atoms with Crippen LogP contribution >= 0.6 is 11.3 Å². The van der Waals surface area contributed by atoms with E-state index in [0.717, 1.165) is 29.7 Å². The van der Waals surface area contributed by atoms with Crippen LogP contribution in [0.25, 0.3) is 32.2 Å². The first kappa shape index (κ1) is 33.7. The number of hydrogen-bond acceptors (Lipinski definition) is 12. The molecule has 50 heavy (non-hydrogen) atoms. The van der Waals surface area contributed by atoms with Crippen LogP contribution in [0.3, 0.4) is 0 Å². The second-order valence-electron chi connectivity index (χ2n) is 14.7. The predicted octanol–water partition coefficient (Wildman–Crippen LogP) is 6.89. The lowest BCUT2D eigenvalue weighted by Gasteiger charge is -2.42. The number of hydrogen-bond donors (Lipinski definition) is 1. The van der Waals surface area contributed by atoms with Gasteiger partial charge in [-0.25, -0.2) is 19.0 Å². The SMILES string of the molecule is COc1nc(N2C3CCC2CN(C(=O)OC(C)(C)C)C3)c2c3c(c(-c4ccnc5sc(NC(=O)OC(C)(C)C)c(C#N)c45)c(F)c2n1)COC3. The first-order chi connectivity index (χ1) is 23.7. The van der Waals surface area contributed by atoms with Gasteiger partial charge in [0, 0.05) is 42.3 Å². The molecule has 2 bridgehead atoms. The summed E-state index contributed by atoms with van der Waals surface area (Å²) in [4.78, 5) is 43.9. The predicted molar refractivity (Wildman–Crippen MR) is 185 cm³/mol. The topological polar surface area (TPSA) is 152 Å². The number of methoxy groups -OCH3 is 1. The average Bonchev–Trinajstić information content (AvgIpc) is 3.72. The maximum Gasteiger partial charge on any atom is 0.412 e. The monoisotopic (exact) mass is 703 g/mol. The second kappa shape index (κ2) is 12.2. The number of nitrogens with zero attached hydrogens (tertiary/aromatic N) is 6. The minimum atomic E-state index is -0.751. The van der Waals surface area contributed by atoms with Crippen molar-refractivity contribution in [1.82, 2.24) is 19.9 Å². The molecular weight excluding hydrogens is 665 g/mol. The molecule has 1 aromatic carbocycles. The normalized spacial score (nSPS) is 18.7. The molecule has 262 valence electrons. The Morgan fingerprint density at radius 1 is 1.04 bits per heavy atom. The molecule has 3 aliphatic heterocycles. The van der Waals surface area contributed by atoms with Crippen LogP contribution in [0, 0.1) is 17.1 Å². The largest absolute Gasteiger partial charge is 0.467 e. The van der Waals surface area contributed by atoms with Gasteiger partial charge in [0.15, 0.2) is 5.82 Å². The first-order valence-electron chi connectivity index (χ1n) is 16.4. The van der Waals surface area contributed by atoms with Gasteiger partial charge in [0.25, 0.3) is 0 Å². The number of likely N-dealkylation sites (tertiary alicyclic amines) is 1. The highest BCUT2D eigenvalue weighted by molar-refractivity contribution is 7.23. The number of anilines is 2. The van der Waals surface area contributed by atoms with Crippen LogP contribution in [0.2, 0.25) is 0 Å². The number of amides is 2. The summed E-state index contributed by atoms with van der Waals surface area (Å²) in [5.41, 5.74) is 0.859. The van der Waals surface area contributed by atoms with Crippen molar-refractivity contribution in [3.05, 3.63) is 34.8 Å². The molecule has 4 aromatic rings. The number of fused-ring (bicyclic) bond motifs is 6. The van der Waals surface area contributed by atoms with Gasteiger partial charge >= 0.3 is 18.2 Å². The van der Waals surface area contributed by atoms with E-state index in [2.05, 4.69) is 26.3 Å². The lowest BCUT2D eigenvalue weighted by Crippen LogP contribution is -2.56. The summed E-state index contributed by atoms with van der Waals surface area (Å²) in [5.74, 6) is -0.0810. The highest BCUT2D eigenvalue weighted by atomic mass is 32.1. The van der Waals surface area contributed by atoms with E-state index in [1.807, 2.05) is 20.8 Å². The van der Waals surface area contributed by atoms with Crippen molar-refractivity contribution in [3.63, 3.8) is 0 Å². The van der Waals surface area contributed by atoms with Crippen LogP contribution < -0.4 is 15.0 Å². The van der Waals surface area contributed by atoms with Gasteiger partial charge < -0.3 is 28.7 Å². The maximum absolute atomic E-state index is 17.3. The molecule has 7 rings (SSSR count). The molecule has 2 amide bonds. The summed E-state index contributed by atoms with van der Waals surface area (Å²) in [7, 11) is 1.44. The summed E-state index contributed by atoms with van der Waals surface area (Å²) in [5, 5.41) is 14.2. The lowest BCUT2D eigenvalue weighted by atomic mass is 9.91. The fraction of sp³-hybridized carbons (Fsp3) is 0.486. The minimum absolute atomic E-state index is 0.00200. The van der Waals surface area contributed by atoms with E-state index in [1.54, 1.807) is 37.9 Å². The van der Waals surface area contributed by atoms with Crippen molar-refractivity contribution in [2.75, 3.05) is 30.4 Å². The summed E-state index contributed by atoms with van der Waals surface area (Å²) in [6.45, 7) is 11.9. The number of aromatic nitrogens is 3. The standard InChI is InChI=1S/C35H38FN7O6S/c1-34(2,3)48-32(44)41-29-20(12-37)24-19(10-11-38-30(24)50-29)23-21-15-47-16-22(21)25-27(26(23)36)39-31(46-7)40-28(25)43-17-8-9-18(43)14-42(13-17)33(45)49-35(4,5)6/h10-11,17-18H,8-9,13-16H2,1-7H3,(H,41,44). The number of carbonyl (C=O) groups excluding carboxylic acids is 2. The van der Waals surface area contributed by atoms with Gasteiger partial charge in [-0.05, 0) is 77.1 Å². The van der Waals surface area contributed by atoms with Crippen LogP contribution in [0.4, 0.5) is 24.8 Å². The molecule has 2 saturated heterocycles. The van der Waals surface area contributed by atoms with Crippen molar-refractivity contribution in [2.45, 2.75) is 90.9 Å². The summed E-state index contributed by atoms with van der Waals surface area (Å²) in [6.07, 6.45) is 2.11. The Morgan fingerprint density at radius 3 is 2.36 bits per heavy atom. The zero-order valence-corrected chi connectivity index (χ0v) is 29.8. The highest BCUT2D eigenvalue weighted by Crippen LogP contribution is 2.48. The van der Waals surface area contributed by atoms with Crippen molar-refractivity contribution in [2.24, 2.45) is 0 Å². The van der Waals surface area contributed by atoms with Crippen LogP contribution in [-0.4, -0.2) is 75.5 Å². The molecule has 0 aliphatic carbocycles. The van der Waals surface area contributed by atoms with Crippen molar-refractivity contribution in [1.29, 1.82) is 5.26 Å². The molecule has 3 aromatic heterocycles. The van der Waals surface area contributed by atoms with E-state index < -0.39 is 23.1 Å². The molecular formula is C35H38FN7O6S. The zero-order chi connectivity index (χ0) is 35.7. The highest BCUT2D eigenvalue weighted by Gasteiger charge is 2.45. The van der Waals surface area contributed by atoms with Gasteiger partial charge in [-0.3, -0.25) is 5.32 Å². The van der Waals surface area contributed by atoms with Gasteiger partial charge in [-0.2, -0.15) is 15.2 Å². The van der Waals surface area contributed by atoms with Crippen LogP contribution in [0.15, 0.2) is 12.3 Å². The van der Waals surface area contributed by atoms with Crippen molar-refractivity contribution < 1.29 is 32.9 Å². The molecule has 13 nitrogen and oxygen atoms in total. The summed E-state index contributed by atoms with van der Waals surface area (Å²) < 4.78 is 39.9. The number of carbonyl (C=O) groups is 2. The minimum Gasteiger partial charge on any atom is -0.467 e. The number of piperazine rings is 1.